The summed E-state index contributed by atoms with van der Waals surface area (Å²) in [5.74, 6) is 0.340. The van der Waals surface area contributed by atoms with Crippen LogP contribution in [0.1, 0.15) is 28.2 Å². The number of nitrogens with zero attached hydrogens (tertiary/aromatic N) is 4. The number of hydrogen-bond acceptors (Lipinski definition) is 8. The van der Waals surface area contributed by atoms with Gasteiger partial charge in [0.15, 0.2) is 16.8 Å². The summed E-state index contributed by atoms with van der Waals surface area (Å²) in [4.78, 5) is 13.2. The van der Waals surface area contributed by atoms with E-state index >= 15 is 0 Å². The van der Waals surface area contributed by atoms with Crippen molar-refractivity contribution in [3.05, 3.63) is 93.2 Å². The quantitative estimate of drug-likeness (QED) is 0.200. The Hall–Kier alpha value is -3.90. The maximum Gasteiger partial charge on any atom is 0.189 e. The van der Waals surface area contributed by atoms with Crippen molar-refractivity contribution in [2.24, 2.45) is 0 Å². The Bertz CT molecular complexity index is 1660. The molecule has 7 nitrogen and oxygen atoms in total. The Morgan fingerprint density at radius 1 is 0.973 bits per heavy atom. The van der Waals surface area contributed by atoms with Gasteiger partial charge in [-0.15, -0.1) is 0 Å². The van der Waals surface area contributed by atoms with Crippen LogP contribution in [0.15, 0.2) is 60.9 Å². The summed E-state index contributed by atoms with van der Waals surface area (Å²) >= 11 is 14.2. The maximum absolute atomic E-state index is 9.87. The van der Waals surface area contributed by atoms with Gasteiger partial charge >= 0.3 is 0 Å². The van der Waals surface area contributed by atoms with E-state index < -0.39 is 5.92 Å². The summed E-state index contributed by atoms with van der Waals surface area (Å²) in [7, 11) is 0. The van der Waals surface area contributed by atoms with Gasteiger partial charge in [0.05, 0.1) is 22.2 Å². The molecule has 1 atom stereocenters. The lowest BCUT2D eigenvalue weighted by atomic mass is 9.91. The molecule has 2 heterocycles. The highest BCUT2D eigenvalue weighted by Gasteiger charge is 2.19. The minimum atomic E-state index is -0.532. The van der Waals surface area contributed by atoms with E-state index in [1.165, 1.54) is 23.2 Å². The lowest BCUT2D eigenvalue weighted by molar-refractivity contribution is 1.03. The summed E-state index contributed by atoms with van der Waals surface area (Å²) in [6, 6.07) is 19.3. The zero-order valence-corrected chi connectivity index (χ0v) is 22.2. The second-order valence-electron chi connectivity index (χ2n) is 8.53. The van der Waals surface area contributed by atoms with E-state index in [4.69, 9.17) is 28.9 Å². The summed E-state index contributed by atoms with van der Waals surface area (Å²) in [5.41, 5.74) is 11.9. The first-order valence-electron chi connectivity index (χ1n) is 11.3. The average Bonchev–Trinajstić information content (AvgIpc) is 3.27. The predicted octanol–water partition coefficient (Wildman–Crippen LogP) is 7.73. The topological polar surface area (TPSA) is 113 Å². The van der Waals surface area contributed by atoms with Gasteiger partial charge in [0.1, 0.15) is 12.0 Å². The minimum absolute atomic E-state index is 0.341. The van der Waals surface area contributed by atoms with Crippen LogP contribution in [0.5, 0.6) is 0 Å². The van der Waals surface area contributed by atoms with Crippen LogP contribution in [-0.2, 0) is 0 Å². The SMILES string of the molecule is Cc1ccc2nc(Nc3ncnc(Nc4cc(Cl)c(C(C#N)c5ccc(Cl)cc5)cc4C)c3N)sc2c1. The fourth-order valence-corrected chi connectivity index (χ4v) is 5.31. The van der Waals surface area contributed by atoms with Crippen molar-refractivity contribution in [2.45, 2.75) is 19.8 Å². The van der Waals surface area contributed by atoms with Crippen molar-refractivity contribution in [2.75, 3.05) is 16.4 Å². The normalized spacial score (nSPS) is 11.8. The molecule has 0 saturated heterocycles. The first-order valence-corrected chi connectivity index (χ1v) is 12.9. The molecule has 0 bridgehead atoms. The van der Waals surface area contributed by atoms with Gasteiger partial charge in [-0.1, -0.05) is 58.8 Å². The van der Waals surface area contributed by atoms with Crippen LogP contribution in [0.25, 0.3) is 10.2 Å². The summed E-state index contributed by atoms with van der Waals surface area (Å²) in [5, 5.41) is 18.1. The molecule has 37 heavy (non-hydrogen) atoms. The fraction of sp³-hybridized carbons (Fsp3) is 0.111. The molecule has 5 rings (SSSR count). The van der Waals surface area contributed by atoms with E-state index in [0.29, 0.717) is 43.8 Å². The second kappa shape index (κ2) is 10.2. The van der Waals surface area contributed by atoms with Crippen molar-refractivity contribution in [1.82, 2.24) is 15.0 Å². The van der Waals surface area contributed by atoms with Crippen LogP contribution in [0.2, 0.25) is 10.0 Å². The van der Waals surface area contributed by atoms with Crippen molar-refractivity contribution in [3.8, 4) is 6.07 Å². The van der Waals surface area contributed by atoms with Crippen LogP contribution in [-0.4, -0.2) is 15.0 Å². The molecule has 0 spiro atoms. The monoisotopic (exact) mass is 545 g/mol. The third-order valence-electron chi connectivity index (χ3n) is 5.89. The highest BCUT2D eigenvalue weighted by atomic mass is 35.5. The zero-order valence-electron chi connectivity index (χ0n) is 19.9. The molecule has 10 heteroatoms. The number of anilines is 5. The van der Waals surface area contributed by atoms with Crippen molar-refractivity contribution in [3.63, 3.8) is 0 Å². The molecule has 0 aliphatic heterocycles. The fourth-order valence-electron chi connectivity index (χ4n) is 3.95. The molecule has 0 fully saturated rings. The van der Waals surface area contributed by atoms with E-state index in [2.05, 4.69) is 37.7 Å². The molecule has 184 valence electrons. The Balaban J connectivity index is 1.41. The number of aromatic nitrogens is 3. The van der Waals surface area contributed by atoms with E-state index in [1.807, 2.05) is 44.2 Å². The molecule has 1 unspecified atom stereocenters. The Morgan fingerprint density at radius 2 is 1.70 bits per heavy atom. The molecule has 5 aromatic rings. The second-order valence-corrected chi connectivity index (χ2v) is 10.4. The Morgan fingerprint density at radius 3 is 2.43 bits per heavy atom. The molecule has 0 saturated carbocycles. The molecule has 0 aliphatic carbocycles. The van der Waals surface area contributed by atoms with Gasteiger partial charge in [-0.05, 0) is 66.4 Å². The van der Waals surface area contributed by atoms with Gasteiger partial charge in [-0.25, -0.2) is 15.0 Å². The lowest BCUT2D eigenvalue weighted by Gasteiger charge is -2.17. The number of nitrogens with one attached hydrogen (secondary N) is 2. The number of nitrogen functional groups attached to an aromatic ring is 1. The first-order chi connectivity index (χ1) is 17.8. The number of benzene rings is 3. The maximum atomic E-state index is 9.87. The zero-order chi connectivity index (χ0) is 26.1. The van der Waals surface area contributed by atoms with Crippen LogP contribution in [0.3, 0.4) is 0 Å². The summed E-state index contributed by atoms with van der Waals surface area (Å²) in [6.07, 6.45) is 1.43. The van der Waals surface area contributed by atoms with Crippen molar-refractivity contribution >= 4 is 72.9 Å². The van der Waals surface area contributed by atoms with Gasteiger partial charge in [-0.2, -0.15) is 5.26 Å². The Labute approximate surface area is 227 Å². The van der Waals surface area contributed by atoms with E-state index in [9.17, 15) is 5.26 Å². The standard InChI is InChI=1S/C27H21Cl2N7S/c1-14-3-8-21-23(9-14)37-27(35-21)36-26-24(31)25(32-13-33-26)34-22-11-20(29)18(10-15(22)2)19(12-30)16-4-6-17(28)7-5-16/h3-11,13,19H,31H2,1-2H3,(H2,32,33,34,35,36). The molecule has 0 amide bonds. The van der Waals surface area contributed by atoms with Gasteiger partial charge in [0, 0.05) is 15.7 Å². The van der Waals surface area contributed by atoms with Gasteiger partial charge in [0.25, 0.3) is 0 Å². The number of nitriles is 1. The number of aryl methyl sites for hydroxylation is 2. The van der Waals surface area contributed by atoms with E-state index in [0.717, 1.165) is 21.3 Å². The first kappa shape index (κ1) is 24.8. The van der Waals surface area contributed by atoms with Crippen molar-refractivity contribution in [1.29, 1.82) is 5.26 Å². The molecule has 0 aliphatic rings. The van der Waals surface area contributed by atoms with Crippen molar-refractivity contribution < 1.29 is 0 Å². The summed E-state index contributed by atoms with van der Waals surface area (Å²) in [6.45, 7) is 3.98. The van der Waals surface area contributed by atoms with E-state index in [-0.39, 0.29) is 0 Å². The van der Waals surface area contributed by atoms with Gasteiger partial charge in [-0.3, -0.25) is 0 Å². The molecule has 4 N–H and O–H groups in total. The molecular formula is C27H21Cl2N7S. The Kier molecular flexibility index (Phi) is 6.85. The largest absolute Gasteiger partial charge is 0.393 e. The van der Waals surface area contributed by atoms with Gasteiger partial charge in [0.2, 0.25) is 0 Å². The highest BCUT2D eigenvalue weighted by Crippen LogP contribution is 2.37. The van der Waals surface area contributed by atoms with E-state index in [1.54, 1.807) is 18.2 Å². The third-order valence-corrected chi connectivity index (χ3v) is 7.41. The number of rotatable bonds is 6. The average molecular weight is 546 g/mol. The number of thiazole rings is 1. The number of nitrogens with two attached hydrogens (primary N) is 1. The number of fused-ring (bicyclic) bond motifs is 1. The summed E-state index contributed by atoms with van der Waals surface area (Å²) < 4.78 is 1.08. The molecular weight excluding hydrogens is 525 g/mol. The molecule has 0 radical (unpaired) electrons. The van der Waals surface area contributed by atoms with Crippen LogP contribution >= 0.6 is 34.5 Å². The third kappa shape index (κ3) is 5.16. The molecule has 2 aromatic heterocycles. The number of hydrogen-bond donors (Lipinski definition) is 3. The minimum Gasteiger partial charge on any atom is -0.393 e. The van der Waals surface area contributed by atoms with Crippen LogP contribution < -0.4 is 16.4 Å². The smallest absolute Gasteiger partial charge is 0.189 e. The highest BCUT2D eigenvalue weighted by molar-refractivity contribution is 7.22. The van der Waals surface area contributed by atoms with Gasteiger partial charge < -0.3 is 16.4 Å². The lowest BCUT2D eigenvalue weighted by Crippen LogP contribution is -2.06. The predicted molar refractivity (Wildman–Crippen MR) is 152 cm³/mol. The van der Waals surface area contributed by atoms with Crippen LogP contribution in [0, 0.1) is 25.2 Å². The molecule has 3 aromatic carbocycles. The number of halogens is 2. The van der Waals surface area contributed by atoms with Crippen LogP contribution in [0.4, 0.5) is 28.1 Å².